The lowest BCUT2D eigenvalue weighted by Crippen LogP contribution is -2.40. The largest absolute Gasteiger partial charge is 0.388 e. The molecule has 1 saturated carbocycles. The smallest absolute Gasteiger partial charge is 0.118 e. The van der Waals surface area contributed by atoms with E-state index in [0.29, 0.717) is 0 Å². The summed E-state index contributed by atoms with van der Waals surface area (Å²) in [7, 11) is 0. The monoisotopic (exact) mass is 191 g/mol. The number of hydrogen-bond donors (Lipinski definition) is 2. The SMILES string of the molecule is NC1CCCCC1OCC(O)CF. The van der Waals surface area contributed by atoms with Gasteiger partial charge in [-0.15, -0.1) is 0 Å². The molecule has 0 amide bonds. The van der Waals surface area contributed by atoms with Crippen LogP contribution in [0.15, 0.2) is 0 Å². The van der Waals surface area contributed by atoms with Gasteiger partial charge in [-0.3, -0.25) is 0 Å². The second-order valence-electron chi connectivity index (χ2n) is 3.63. The summed E-state index contributed by atoms with van der Waals surface area (Å²) in [4.78, 5) is 0. The van der Waals surface area contributed by atoms with Crippen LogP contribution in [0.1, 0.15) is 25.7 Å². The number of halogens is 1. The Morgan fingerprint density at radius 2 is 2.15 bits per heavy atom. The lowest BCUT2D eigenvalue weighted by molar-refractivity contribution is -0.0377. The fraction of sp³-hybridized carbons (Fsp3) is 1.00. The quantitative estimate of drug-likeness (QED) is 0.684. The van der Waals surface area contributed by atoms with Gasteiger partial charge in [0.25, 0.3) is 0 Å². The van der Waals surface area contributed by atoms with E-state index in [0.717, 1.165) is 25.7 Å². The molecule has 3 atom stereocenters. The molecule has 0 aliphatic heterocycles. The van der Waals surface area contributed by atoms with Crippen molar-refractivity contribution in [3.63, 3.8) is 0 Å². The van der Waals surface area contributed by atoms with Gasteiger partial charge in [0.2, 0.25) is 0 Å². The molecule has 3 nitrogen and oxygen atoms in total. The van der Waals surface area contributed by atoms with Crippen molar-refractivity contribution in [3.8, 4) is 0 Å². The Morgan fingerprint density at radius 1 is 1.46 bits per heavy atom. The van der Waals surface area contributed by atoms with Crippen LogP contribution in [0.3, 0.4) is 0 Å². The van der Waals surface area contributed by atoms with Crippen LogP contribution in [-0.2, 0) is 4.74 Å². The highest BCUT2D eigenvalue weighted by molar-refractivity contribution is 4.78. The fourth-order valence-electron chi connectivity index (χ4n) is 1.61. The average molecular weight is 191 g/mol. The third-order valence-electron chi connectivity index (χ3n) is 2.43. The minimum Gasteiger partial charge on any atom is -0.388 e. The van der Waals surface area contributed by atoms with E-state index in [1.54, 1.807) is 0 Å². The van der Waals surface area contributed by atoms with Gasteiger partial charge in [0.05, 0.1) is 12.7 Å². The van der Waals surface area contributed by atoms with E-state index in [-0.39, 0.29) is 18.8 Å². The predicted octanol–water partition coefficient (Wildman–Crippen LogP) is 0.603. The number of aliphatic hydroxyl groups excluding tert-OH is 1. The van der Waals surface area contributed by atoms with Crippen molar-refractivity contribution in [2.24, 2.45) is 5.73 Å². The number of aliphatic hydroxyl groups is 1. The van der Waals surface area contributed by atoms with E-state index in [1.807, 2.05) is 0 Å². The molecule has 0 heterocycles. The van der Waals surface area contributed by atoms with E-state index in [2.05, 4.69) is 0 Å². The molecule has 4 heteroatoms. The van der Waals surface area contributed by atoms with Crippen molar-refractivity contribution < 1.29 is 14.2 Å². The van der Waals surface area contributed by atoms with E-state index < -0.39 is 12.8 Å². The van der Waals surface area contributed by atoms with E-state index in [4.69, 9.17) is 15.6 Å². The minimum atomic E-state index is -0.992. The van der Waals surface area contributed by atoms with Crippen LogP contribution in [0, 0.1) is 0 Å². The Balaban J connectivity index is 2.18. The van der Waals surface area contributed by atoms with Crippen molar-refractivity contribution in [2.75, 3.05) is 13.3 Å². The van der Waals surface area contributed by atoms with Gasteiger partial charge in [-0.1, -0.05) is 12.8 Å². The predicted molar refractivity (Wildman–Crippen MR) is 48.2 cm³/mol. The Hall–Kier alpha value is -0.190. The molecule has 3 unspecified atom stereocenters. The van der Waals surface area contributed by atoms with Crippen molar-refractivity contribution in [1.29, 1.82) is 0 Å². The molecule has 1 fully saturated rings. The summed E-state index contributed by atoms with van der Waals surface area (Å²) in [6.45, 7) is -0.684. The van der Waals surface area contributed by atoms with Gasteiger partial charge >= 0.3 is 0 Å². The number of alkyl halides is 1. The minimum absolute atomic E-state index is 0.00921. The van der Waals surface area contributed by atoms with Crippen LogP contribution in [0.5, 0.6) is 0 Å². The van der Waals surface area contributed by atoms with Crippen LogP contribution >= 0.6 is 0 Å². The first-order valence-corrected chi connectivity index (χ1v) is 4.85. The second kappa shape index (κ2) is 5.52. The lowest BCUT2D eigenvalue weighted by atomic mass is 9.93. The Bertz CT molecular complexity index is 146. The molecule has 13 heavy (non-hydrogen) atoms. The molecule has 78 valence electrons. The van der Waals surface area contributed by atoms with Gasteiger partial charge in [-0.25, -0.2) is 4.39 Å². The van der Waals surface area contributed by atoms with Crippen LogP contribution in [0.25, 0.3) is 0 Å². The maximum atomic E-state index is 11.9. The summed E-state index contributed by atoms with van der Waals surface area (Å²) in [6.07, 6.45) is 3.18. The summed E-state index contributed by atoms with van der Waals surface area (Å²) in [5.74, 6) is 0. The lowest BCUT2D eigenvalue weighted by Gasteiger charge is -2.29. The second-order valence-corrected chi connectivity index (χ2v) is 3.63. The summed E-state index contributed by atoms with van der Waals surface area (Å²) in [5, 5.41) is 8.93. The van der Waals surface area contributed by atoms with Gasteiger partial charge < -0.3 is 15.6 Å². The van der Waals surface area contributed by atoms with Gasteiger partial charge in [0, 0.05) is 6.04 Å². The Morgan fingerprint density at radius 3 is 2.77 bits per heavy atom. The van der Waals surface area contributed by atoms with Crippen LogP contribution in [0.2, 0.25) is 0 Å². The zero-order chi connectivity index (χ0) is 9.68. The Kier molecular flexibility index (Phi) is 4.62. The molecule has 3 N–H and O–H groups in total. The molecule has 1 rings (SSSR count). The third-order valence-corrected chi connectivity index (χ3v) is 2.43. The molecule has 1 aliphatic rings. The maximum absolute atomic E-state index is 11.9. The molecule has 0 aromatic carbocycles. The molecule has 0 bridgehead atoms. The van der Waals surface area contributed by atoms with Crippen molar-refractivity contribution >= 4 is 0 Å². The van der Waals surface area contributed by atoms with Gasteiger partial charge in [-0.05, 0) is 12.8 Å². The number of ether oxygens (including phenoxy) is 1. The topological polar surface area (TPSA) is 55.5 Å². The zero-order valence-corrected chi connectivity index (χ0v) is 7.79. The summed E-state index contributed by atoms with van der Waals surface area (Å²) in [5.41, 5.74) is 5.81. The normalized spacial score (nSPS) is 31.6. The molecule has 0 spiro atoms. The highest BCUT2D eigenvalue weighted by Crippen LogP contribution is 2.19. The number of hydrogen-bond acceptors (Lipinski definition) is 3. The van der Waals surface area contributed by atoms with Gasteiger partial charge in [-0.2, -0.15) is 0 Å². The summed E-state index contributed by atoms with van der Waals surface area (Å²) >= 11 is 0. The van der Waals surface area contributed by atoms with Crippen molar-refractivity contribution in [2.45, 2.75) is 43.9 Å². The van der Waals surface area contributed by atoms with E-state index in [1.165, 1.54) is 0 Å². The molecule has 1 aliphatic carbocycles. The zero-order valence-electron chi connectivity index (χ0n) is 7.79. The maximum Gasteiger partial charge on any atom is 0.118 e. The standard InChI is InChI=1S/C9H18FNO2/c10-5-7(12)6-13-9-4-2-1-3-8(9)11/h7-9,12H,1-6,11H2. The fourth-order valence-corrected chi connectivity index (χ4v) is 1.61. The molecular formula is C9H18FNO2. The highest BCUT2D eigenvalue weighted by atomic mass is 19.1. The first-order valence-electron chi connectivity index (χ1n) is 4.85. The van der Waals surface area contributed by atoms with E-state index >= 15 is 0 Å². The molecule has 0 radical (unpaired) electrons. The van der Waals surface area contributed by atoms with E-state index in [9.17, 15) is 4.39 Å². The van der Waals surface area contributed by atoms with Crippen molar-refractivity contribution in [3.05, 3.63) is 0 Å². The van der Waals surface area contributed by atoms with Crippen molar-refractivity contribution in [1.82, 2.24) is 0 Å². The van der Waals surface area contributed by atoms with Crippen LogP contribution < -0.4 is 5.73 Å². The summed E-state index contributed by atoms with van der Waals surface area (Å²) < 4.78 is 17.2. The van der Waals surface area contributed by atoms with Crippen LogP contribution in [0.4, 0.5) is 4.39 Å². The molecule has 0 aromatic heterocycles. The first kappa shape index (κ1) is 10.9. The Labute approximate surface area is 78.1 Å². The number of rotatable bonds is 4. The molecular weight excluding hydrogens is 173 g/mol. The van der Waals surface area contributed by atoms with Gasteiger partial charge in [0.1, 0.15) is 12.8 Å². The average Bonchev–Trinajstić information content (AvgIpc) is 2.16. The highest BCUT2D eigenvalue weighted by Gasteiger charge is 2.22. The third kappa shape index (κ3) is 3.58. The number of nitrogens with two attached hydrogens (primary N) is 1. The molecule has 0 aromatic rings. The van der Waals surface area contributed by atoms with Crippen LogP contribution in [-0.4, -0.2) is 36.6 Å². The van der Waals surface area contributed by atoms with Gasteiger partial charge in [0.15, 0.2) is 0 Å². The summed E-state index contributed by atoms with van der Waals surface area (Å²) in [6, 6.07) is 0.0561. The first-order chi connectivity index (χ1) is 6.24. The molecule has 0 saturated heterocycles.